The second kappa shape index (κ2) is 15.5. The van der Waals surface area contributed by atoms with Gasteiger partial charge in [0.25, 0.3) is 10.0 Å². The number of carbonyl (C=O) groups is 2. The van der Waals surface area contributed by atoms with E-state index in [1.807, 2.05) is 44.4 Å². The number of nitrogens with zero attached hydrogens (tertiary/aromatic N) is 2. The van der Waals surface area contributed by atoms with Crippen molar-refractivity contribution in [2.75, 3.05) is 23.7 Å². The van der Waals surface area contributed by atoms with E-state index < -0.39 is 28.5 Å². The van der Waals surface area contributed by atoms with Crippen LogP contribution in [0.25, 0.3) is 0 Å². The number of ether oxygens (including phenoxy) is 1. The molecule has 8 nitrogen and oxygen atoms in total. The second-order valence-electron chi connectivity index (χ2n) is 11.1. The van der Waals surface area contributed by atoms with Crippen LogP contribution in [0.1, 0.15) is 57.1 Å². The number of amides is 2. The first-order valence-corrected chi connectivity index (χ1v) is 17.8. The van der Waals surface area contributed by atoms with E-state index in [2.05, 4.69) is 5.32 Å². The maximum atomic E-state index is 14.2. The van der Waals surface area contributed by atoms with Gasteiger partial charge in [-0.15, -0.1) is 11.8 Å². The lowest BCUT2D eigenvalue weighted by Crippen LogP contribution is -2.53. The fourth-order valence-corrected chi connectivity index (χ4v) is 7.22. The Kier molecular flexibility index (Phi) is 11.7. The number of hydrogen-bond donors (Lipinski definition) is 1. The zero-order chi connectivity index (χ0) is 31.7. The van der Waals surface area contributed by atoms with Crippen molar-refractivity contribution in [1.82, 2.24) is 10.2 Å². The predicted octanol–water partition coefficient (Wildman–Crippen LogP) is 6.18. The normalized spacial score (nSPS) is 14.5. The Bertz CT molecular complexity index is 1500. The summed E-state index contributed by atoms with van der Waals surface area (Å²) in [5.74, 6) is -0.113. The average molecular weight is 638 g/mol. The third-order valence-electron chi connectivity index (χ3n) is 8.08. The van der Waals surface area contributed by atoms with Gasteiger partial charge in [-0.3, -0.25) is 13.9 Å². The Morgan fingerprint density at radius 2 is 1.64 bits per heavy atom. The molecular weight excluding hydrogens is 595 g/mol. The summed E-state index contributed by atoms with van der Waals surface area (Å²) in [4.78, 5) is 30.2. The summed E-state index contributed by atoms with van der Waals surface area (Å²) < 4.78 is 34.9. The summed E-state index contributed by atoms with van der Waals surface area (Å²) in [5.41, 5.74) is 2.20. The highest BCUT2D eigenvalue weighted by Crippen LogP contribution is 2.28. The summed E-state index contributed by atoms with van der Waals surface area (Å²) in [7, 11) is -4.15. The van der Waals surface area contributed by atoms with Gasteiger partial charge in [0.15, 0.2) is 0 Å². The molecule has 3 aromatic rings. The highest BCUT2D eigenvalue weighted by Gasteiger charge is 2.33. The molecule has 0 bridgehead atoms. The molecule has 10 heteroatoms. The maximum Gasteiger partial charge on any atom is 0.264 e. The number of hydrogen-bond acceptors (Lipinski definition) is 6. The molecule has 2 amide bonds. The van der Waals surface area contributed by atoms with Gasteiger partial charge in [-0.1, -0.05) is 43.5 Å². The van der Waals surface area contributed by atoms with Crippen molar-refractivity contribution in [3.63, 3.8) is 0 Å². The highest BCUT2D eigenvalue weighted by molar-refractivity contribution is 7.98. The van der Waals surface area contributed by atoms with Crippen LogP contribution in [0.15, 0.2) is 82.6 Å². The summed E-state index contributed by atoms with van der Waals surface area (Å²) in [6, 6.07) is 20.2. The number of sulfonamides is 1. The van der Waals surface area contributed by atoms with Gasteiger partial charge in [0.1, 0.15) is 18.3 Å². The highest BCUT2D eigenvalue weighted by atomic mass is 32.2. The van der Waals surface area contributed by atoms with Crippen LogP contribution in [0.3, 0.4) is 0 Å². The molecule has 0 saturated heterocycles. The van der Waals surface area contributed by atoms with Crippen molar-refractivity contribution in [2.45, 2.75) is 81.3 Å². The van der Waals surface area contributed by atoms with Crippen molar-refractivity contribution in [3.05, 3.63) is 83.9 Å². The smallest absolute Gasteiger partial charge is 0.264 e. The summed E-state index contributed by atoms with van der Waals surface area (Å²) in [6.07, 6.45) is 7.06. The van der Waals surface area contributed by atoms with Crippen LogP contribution >= 0.6 is 11.8 Å². The van der Waals surface area contributed by atoms with E-state index in [4.69, 9.17) is 4.74 Å². The van der Waals surface area contributed by atoms with E-state index in [-0.39, 0.29) is 23.4 Å². The molecule has 0 spiro atoms. The molecule has 1 N–H and O–H groups in total. The number of anilines is 1. The number of rotatable bonds is 13. The molecule has 0 aliphatic heterocycles. The number of aryl methyl sites for hydroxylation is 1. The van der Waals surface area contributed by atoms with Gasteiger partial charge in [0, 0.05) is 17.5 Å². The van der Waals surface area contributed by atoms with Gasteiger partial charge in [-0.05, 0) is 99.5 Å². The Morgan fingerprint density at radius 3 is 2.25 bits per heavy atom. The summed E-state index contributed by atoms with van der Waals surface area (Å²) >= 11 is 1.51. The molecule has 0 aromatic heterocycles. The predicted molar refractivity (Wildman–Crippen MR) is 177 cm³/mol. The second-order valence-corrected chi connectivity index (χ2v) is 13.8. The summed E-state index contributed by atoms with van der Waals surface area (Å²) in [5, 5.41) is 3.14. The third-order valence-corrected chi connectivity index (χ3v) is 10.6. The van der Waals surface area contributed by atoms with Crippen LogP contribution in [-0.4, -0.2) is 56.6 Å². The minimum Gasteiger partial charge on any atom is -0.494 e. The van der Waals surface area contributed by atoms with Gasteiger partial charge < -0.3 is 15.0 Å². The molecule has 44 heavy (non-hydrogen) atoms. The minimum atomic E-state index is -4.15. The molecule has 1 saturated carbocycles. The van der Waals surface area contributed by atoms with Crippen LogP contribution in [0.5, 0.6) is 5.75 Å². The fourth-order valence-electron chi connectivity index (χ4n) is 5.40. The molecule has 0 heterocycles. The SMILES string of the molecule is CCOc1ccc(N(CC(=O)N(Cc2ccccc2C)[C@H](C)C(=O)NC2CCCCC2)S(=O)(=O)c2ccc(SC)cc2)cc1. The van der Waals surface area contributed by atoms with Crippen molar-refractivity contribution in [1.29, 1.82) is 0 Å². The largest absolute Gasteiger partial charge is 0.494 e. The molecule has 1 atom stereocenters. The van der Waals surface area contributed by atoms with Crippen molar-refractivity contribution in [2.24, 2.45) is 0 Å². The van der Waals surface area contributed by atoms with Gasteiger partial charge >= 0.3 is 0 Å². The van der Waals surface area contributed by atoms with Gasteiger partial charge in [0.05, 0.1) is 17.2 Å². The van der Waals surface area contributed by atoms with Crippen LogP contribution in [-0.2, 0) is 26.2 Å². The molecule has 236 valence electrons. The zero-order valence-electron chi connectivity index (χ0n) is 26.0. The molecule has 0 radical (unpaired) electrons. The van der Waals surface area contributed by atoms with E-state index in [1.165, 1.54) is 16.7 Å². The van der Waals surface area contributed by atoms with E-state index >= 15 is 0 Å². The average Bonchev–Trinajstić information content (AvgIpc) is 3.04. The zero-order valence-corrected chi connectivity index (χ0v) is 27.6. The topological polar surface area (TPSA) is 96.0 Å². The van der Waals surface area contributed by atoms with Gasteiger partial charge in [0.2, 0.25) is 11.8 Å². The lowest BCUT2D eigenvalue weighted by Gasteiger charge is -2.33. The molecule has 0 unspecified atom stereocenters. The fraction of sp³-hybridized carbons (Fsp3) is 0.412. The van der Waals surface area contributed by atoms with Crippen molar-refractivity contribution >= 4 is 39.3 Å². The standard InChI is InChI=1S/C34H43N3O5S2/c1-5-42-30-17-15-29(16-18-30)37(44(40,41)32-21-19-31(43-4)20-22-32)24-33(38)36(23-27-12-10-9-11-25(27)2)26(3)34(39)35-28-13-7-6-8-14-28/h9-12,15-22,26,28H,5-8,13-14,23-24H2,1-4H3,(H,35,39)/t26-/m1/s1. The summed E-state index contributed by atoms with van der Waals surface area (Å²) in [6.45, 7) is 5.70. The Hall–Kier alpha value is -3.50. The van der Waals surface area contributed by atoms with Crippen LogP contribution in [0.4, 0.5) is 5.69 Å². The monoisotopic (exact) mass is 637 g/mol. The first-order chi connectivity index (χ1) is 21.1. The van der Waals surface area contributed by atoms with Gasteiger partial charge in [-0.25, -0.2) is 8.42 Å². The first-order valence-electron chi connectivity index (χ1n) is 15.2. The van der Waals surface area contributed by atoms with E-state index in [9.17, 15) is 18.0 Å². The quantitative estimate of drug-likeness (QED) is 0.225. The molecule has 1 aliphatic rings. The third kappa shape index (κ3) is 8.35. The molecule has 1 fully saturated rings. The Morgan fingerprint density at radius 1 is 0.977 bits per heavy atom. The molecule has 1 aliphatic carbocycles. The van der Waals surface area contributed by atoms with Crippen LogP contribution < -0.4 is 14.4 Å². The lowest BCUT2D eigenvalue weighted by atomic mass is 9.95. The van der Waals surface area contributed by atoms with Crippen molar-refractivity contribution < 1.29 is 22.7 Å². The molecule has 4 rings (SSSR count). The Labute approximate surface area is 266 Å². The number of benzene rings is 3. The number of carbonyl (C=O) groups excluding carboxylic acids is 2. The number of nitrogens with one attached hydrogen (secondary N) is 1. The molecule has 3 aromatic carbocycles. The lowest BCUT2D eigenvalue weighted by molar-refractivity contribution is -0.139. The van der Waals surface area contributed by atoms with E-state index in [0.29, 0.717) is 18.0 Å². The van der Waals surface area contributed by atoms with E-state index in [0.717, 1.165) is 52.4 Å². The van der Waals surface area contributed by atoms with Gasteiger partial charge in [-0.2, -0.15) is 0 Å². The van der Waals surface area contributed by atoms with Crippen molar-refractivity contribution in [3.8, 4) is 5.75 Å². The number of thioether (sulfide) groups is 1. The Balaban J connectivity index is 1.69. The first kappa shape index (κ1) is 33.4. The maximum absolute atomic E-state index is 14.2. The van der Waals surface area contributed by atoms with E-state index in [1.54, 1.807) is 55.5 Å². The van der Waals surface area contributed by atoms with Crippen LogP contribution in [0, 0.1) is 6.92 Å². The molecular formula is C34H43N3O5S2. The minimum absolute atomic E-state index is 0.0746. The van der Waals surface area contributed by atoms with Crippen LogP contribution in [0.2, 0.25) is 0 Å².